The third kappa shape index (κ3) is 2.43. The van der Waals surface area contributed by atoms with Crippen LogP contribution in [0.1, 0.15) is 18.0 Å². The predicted molar refractivity (Wildman–Crippen MR) is 56.9 cm³/mol. The molecule has 1 aliphatic heterocycles. The molecule has 0 radical (unpaired) electrons. The van der Waals surface area contributed by atoms with Crippen LogP contribution in [0.2, 0.25) is 0 Å². The quantitative estimate of drug-likeness (QED) is 0.796. The summed E-state index contributed by atoms with van der Waals surface area (Å²) in [7, 11) is 0. The molecule has 3 nitrogen and oxygen atoms in total. The molecule has 0 amide bonds. The summed E-state index contributed by atoms with van der Waals surface area (Å²) in [5, 5.41) is 18.2. The third-order valence-electron chi connectivity index (χ3n) is 2.98. The van der Waals surface area contributed by atoms with E-state index >= 15 is 0 Å². The molecule has 2 atom stereocenters. The molecular weight excluding hydrogens is 226 g/mol. The number of aliphatic hydroxyl groups excluding tert-OH is 1. The summed E-state index contributed by atoms with van der Waals surface area (Å²) < 4.78 is 25.9. The molecule has 1 aromatic carbocycles. The fourth-order valence-electron chi connectivity index (χ4n) is 2.21. The van der Waals surface area contributed by atoms with E-state index in [1.165, 1.54) is 6.07 Å². The number of rotatable bonds is 2. The number of likely N-dealkylation sites (tertiary alicyclic amines) is 1. The van der Waals surface area contributed by atoms with Crippen LogP contribution < -0.4 is 0 Å². The van der Waals surface area contributed by atoms with Crippen LogP contribution in [-0.2, 0) is 0 Å². The number of benzene rings is 1. The fraction of sp³-hybridized carbons (Fsp3) is 0.417. The van der Waals surface area contributed by atoms with E-state index in [0.29, 0.717) is 18.5 Å². The maximum atomic E-state index is 13.1. The monoisotopic (exact) mass is 238 g/mol. The molecule has 1 fully saturated rings. The molecular formula is C12H12F2N2O. The van der Waals surface area contributed by atoms with Gasteiger partial charge in [-0.25, -0.2) is 8.78 Å². The van der Waals surface area contributed by atoms with Gasteiger partial charge >= 0.3 is 0 Å². The molecule has 5 heteroatoms. The molecule has 1 N–H and O–H groups in total. The zero-order chi connectivity index (χ0) is 12.4. The summed E-state index contributed by atoms with van der Waals surface area (Å²) in [6.45, 7) is 0.554. The first-order valence-electron chi connectivity index (χ1n) is 5.36. The Morgan fingerprint density at radius 1 is 1.41 bits per heavy atom. The lowest BCUT2D eigenvalue weighted by Crippen LogP contribution is -2.25. The second-order valence-electron chi connectivity index (χ2n) is 4.17. The van der Waals surface area contributed by atoms with Crippen molar-refractivity contribution in [1.82, 2.24) is 4.90 Å². The minimum Gasteiger partial charge on any atom is -0.392 e. The van der Waals surface area contributed by atoms with Crippen molar-refractivity contribution in [2.45, 2.75) is 18.6 Å². The van der Waals surface area contributed by atoms with Crippen molar-refractivity contribution in [1.29, 1.82) is 5.26 Å². The minimum absolute atomic E-state index is 0.167. The van der Waals surface area contributed by atoms with Crippen LogP contribution in [0, 0.1) is 23.0 Å². The van der Waals surface area contributed by atoms with Crippen LogP contribution in [0.3, 0.4) is 0 Å². The molecule has 1 saturated heterocycles. The highest BCUT2D eigenvalue weighted by Crippen LogP contribution is 2.32. The van der Waals surface area contributed by atoms with Crippen LogP contribution >= 0.6 is 0 Å². The molecule has 1 heterocycles. The SMILES string of the molecule is N#CCN1C[C@H](O)C[C@@H]1c1ccc(F)c(F)c1. The van der Waals surface area contributed by atoms with Crippen molar-refractivity contribution in [2.24, 2.45) is 0 Å². The molecule has 0 bridgehead atoms. The van der Waals surface area contributed by atoms with Crippen LogP contribution in [0.5, 0.6) is 0 Å². The first-order valence-corrected chi connectivity index (χ1v) is 5.36. The summed E-state index contributed by atoms with van der Waals surface area (Å²) in [6.07, 6.45) is -0.0892. The highest BCUT2D eigenvalue weighted by atomic mass is 19.2. The van der Waals surface area contributed by atoms with E-state index in [2.05, 4.69) is 0 Å². The third-order valence-corrected chi connectivity index (χ3v) is 2.98. The van der Waals surface area contributed by atoms with Crippen LogP contribution in [0.15, 0.2) is 18.2 Å². The van der Waals surface area contributed by atoms with Crippen molar-refractivity contribution in [3.8, 4) is 6.07 Å². The highest BCUT2D eigenvalue weighted by Gasteiger charge is 2.32. The van der Waals surface area contributed by atoms with Gasteiger partial charge in [0.25, 0.3) is 0 Å². The van der Waals surface area contributed by atoms with E-state index in [0.717, 1.165) is 12.1 Å². The predicted octanol–water partition coefficient (Wildman–Crippen LogP) is 1.60. The Labute approximate surface area is 97.9 Å². The molecule has 0 unspecified atom stereocenters. The second kappa shape index (κ2) is 4.78. The maximum absolute atomic E-state index is 13.1. The Bertz CT molecular complexity index is 458. The minimum atomic E-state index is -0.902. The number of halogens is 2. The van der Waals surface area contributed by atoms with E-state index in [1.54, 1.807) is 4.90 Å². The van der Waals surface area contributed by atoms with Gasteiger partial charge in [0, 0.05) is 12.6 Å². The van der Waals surface area contributed by atoms with Crippen molar-refractivity contribution in [2.75, 3.05) is 13.1 Å². The Morgan fingerprint density at radius 2 is 2.18 bits per heavy atom. The van der Waals surface area contributed by atoms with Gasteiger partial charge in [0.15, 0.2) is 11.6 Å². The number of β-amino-alcohol motifs (C(OH)–C–C–N with tert-alkyl or cyclic N) is 1. The van der Waals surface area contributed by atoms with E-state index in [9.17, 15) is 13.9 Å². The number of nitrogens with zero attached hydrogens (tertiary/aromatic N) is 2. The van der Waals surface area contributed by atoms with E-state index in [1.807, 2.05) is 6.07 Å². The molecule has 0 spiro atoms. The van der Waals surface area contributed by atoms with Crippen molar-refractivity contribution in [3.05, 3.63) is 35.4 Å². The Balaban J connectivity index is 2.25. The lowest BCUT2D eigenvalue weighted by molar-refractivity contribution is 0.179. The van der Waals surface area contributed by atoms with Gasteiger partial charge in [-0.3, -0.25) is 4.90 Å². The molecule has 17 heavy (non-hydrogen) atoms. The number of hydrogen-bond acceptors (Lipinski definition) is 3. The summed E-state index contributed by atoms with van der Waals surface area (Å²) in [4.78, 5) is 1.76. The van der Waals surface area contributed by atoms with Gasteiger partial charge in [-0.2, -0.15) is 5.26 Å². The maximum Gasteiger partial charge on any atom is 0.159 e. The van der Waals surface area contributed by atoms with E-state index in [4.69, 9.17) is 5.26 Å². The average Bonchev–Trinajstić information content (AvgIpc) is 2.64. The van der Waals surface area contributed by atoms with E-state index in [-0.39, 0.29) is 12.6 Å². The summed E-state index contributed by atoms with van der Waals surface area (Å²) in [5.74, 6) is -1.79. The van der Waals surface area contributed by atoms with Crippen molar-refractivity contribution < 1.29 is 13.9 Å². The number of hydrogen-bond donors (Lipinski definition) is 1. The topological polar surface area (TPSA) is 47.3 Å². The largest absolute Gasteiger partial charge is 0.392 e. The Hall–Kier alpha value is -1.51. The molecule has 90 valence electrons. The van der Waals surface area contributed by atoms with Gasteiger partial charge in [-0.05, 0) is 24.1 Å². The molecule has 1 aliphatic rings. The van der Waals surface area contributed by atoms with Gasteiger partial charge in [-0.15, -0.1) is 0 Å². The Kier molecular flexibility index (Phi) is 3.36. The zero-order valence-corrected chi connectivity index (χ0v) is 9.11. The fourth-order valence-corrected chi connectivity index (χ4v) is 2.21. The van der Waals surface area contributed by atoms with Crippen LogP contribution in [-0.4, -0.2) is 29.2 Å². The number of nitriles is 1. The molecule has 0 saturated carbocycles. The smallest absolute Gasteiger partial charge is 0.159 e. The lowest BCUT2D eigenvalue weighted by Gasteiger charge is -2.21. The first kappa shape index (κ1) is 12.0. The van der Waals surface area contributed by atoms with Crippen molar-refractivity contribution >= 4 is 0 Å². The molecule has 0 aliphatic carbocycles. The van der Waals surface area contributed by atoms with Crippen LogP contribution in [0.4, 0.5) is 8.78 Å². The van der Waals surface area contributed by atoms with E-state index < -0.39 is 17.7 Å². The standard InChI is InChI=1S/C12H12F2N2O/c13-10-2-1-8(5-11(10)14)12-6-9(17)7-16(12)4-3-15/h1-2,5,9,12,17H,4,6-7H2/t9-,12-/m1/s1. The lowest BCUT2D eigenvalue weighted by atomic mass is 10.0. The Morgan fingerprint density at radius 3 is 2.82 bits per heavy atom. The second-order valence-corrected chi connectivity index (χ2v) is 4.17. The zero-order valence-electron chi connectivity index (χ0n) is 9.11. The summed E-state index contributed by atoms with van der Waals surface area (Å²) >= 11 is 0. The highest BCUT2D eigenvalue weighted by molar-refractivity contribution is 5.23. The normalized spacial score (nSPS) is 24.8. The summed E-state index contributed by atoms with van der Waals surface area (Å²) in [5.41, 5.74) is 0.593. The van der Waals surface area contributed by atoms with Gasteiger partial charge in [0.05, 0.1) is 18.7 Å². The van der Waals surface area contributed by atoms with Crippen molar-refractivity contribution in [3.63, 3.8) is 0 Å². The average molecular weight is 238 g/mol. The number of aliphatic hydroxyl groups is 1. The van der Waals surface area contributed by atoms with Gasteiger partial charge < -0.3 is 5.11 Å². The molecule has 0 aromatic heterocycles. The molecule has 2 rings (SSSR count). The molecule has 1 aromatic rings. The summed E-state index contributed by atoms with van der Waals surface area (Å²) in [6, 6.07) is 5.47. The first-order chi connectivity index (χ1) is 8.11. The van der Waals surface area contributed by atoms with Crippen LogP contribution in [0.25, 0.3) is 0 Å². The van der Waals surface area contributed by atoms with Gasteiger partial charge in [0.1, 0.15) is 0 Å². The van der Waals surface area contributed by atoms with Gasteiger partial charge in [0.2, 0.25) is 0 Å². The van der Waals surface area contributed by atoms with Gasteiger partial charge in [-0.1, -0.05) is 6.07 Å².